The van der Waals surface area contributed by atoms with Crippen LogP contribution in [0.2, 0.25) is 0 Å². The van der Waals surface area contributed by atoms with Crippen molar-refractivity contribution in [1.82, 2.24) is 9.88 Å². The van der Waals surface area contributed by atoms with Crippen LogP contribution in [0.5, 0.6) is 0 Å². The molecule has 0 saturated heterocycles. The minimum atomic E-state index is -0.183. The van der Waals surface area contributed by atoms with Crippen molar-refractivity contribution in [2.75, 3.05) is 7.05 Å². The molecule has 0 bridgehead atoms. The first kappa shape index (κ1) is 14.3. The molecule has 2 nitrogen and oxygen atoms in total. The van der Waals surface area contributed by atoms with Crippen LogP contribution in [0.15, 0.2) is 53.1 Å². The molecule has 0 atom stereocenters. The van der Waals surface area contributed by atoms with Crippen molar-refractivity contribution in [2.45, 2.75) is 13.1 Å². The molecule has 4 heteroatoms. The third kappa shape index (κ3) is 2.87. The van der Waals surface area contributed by atoms with Crippen LogP contribution in [-0.2, 0) is 13.1 Å². The highest BCUT2D eigenvalue weighted by Gasteiger charge is 2.09. The molecule has 2 aromatic carbocycles. The second kappa shape index (κ2) is 6.00. The number of benzene rings is 2. The normalized spacial score (nSPS) is 11.2. The zero-order chi connectivity index (χ0) is 14.8. The Bertz CT molecular complexity index is 780. The van der Waals surface area contributed by atoms with Gasteiger partial charge in [-0.2, -0.15) is 0 Å². The van der Waals surface area contributed by atoms with E-state index >= 15 is 0 Å². The molecule has 1 heterocycles. The summed E-state index contributed by atoms with van der Waals surface area (Å²) in [5, 5.41) is 4.36. The molecule has 0 aliphatic rings. The van der Waals surface area contributed by atoms with Gasteiger partial charge >= 0.3 is 0 Å². The van der Waals surface area contributed by atoms with E-state index in [0.29, 0.717) is 12.1 Å². The van der Waals surface area contributed by atoms with Crippen molar-refractivity contribution in [2.24, 2.45) is 0 Å². The van der Waals surface area contributed by atoms with Gasteiger partial charge in [-0.15, -0.1) is 0 Å². The van der Waals surface area contributed by atoms with Gasteiger partial charge in [0.2, 0.25) is 0 Å². The lowest BCUT2D eigenvalue weighted by atomic mass is 10.1. The first-order valence-corrected chi connectivity index (χ1v) is 7.63. The van der Waals surface area contributed by atoms with Gasteiger partial charge < -0.3 is 9.88 Å². The van der Waals surface area contributed by atoms with E-state index in [1.807, 2.05) is 25.4 Å². The van der Waals surface area contributed by atoms with Crippen LogP contribution in [-0.4, -0.2) is 11.6 Å². The lowest BCUT2D eigenvalue weighted by Crippen LogP contribution is -2.08. The molecule has 21 heavy (non-hydrogen) atoms. The lowest BCUT2D eigenvalue weighted by Gasteiger charge is -2.11. The summed E-state index contributed by atoms with van der Waals surface area (Å²) < 4.78 is 16.9. The fraction of sp³-hybridized carbons (Fsp3) is 0.176. The highest BCUT2D eigenvalue weighted by molar-refractivity contribution is 9.10. The van der Waals surface area contributed by atoms with Crippen LogP contribution in [0.4, 0.5) is 4.39 Å². The first-order chi connectivity index (χ1) is 10.2. The number of aromatic nitrogens is 1. The number of hydrogen-bond acceptors (Lipinski definition) is 1. The predicted molar refractivity (Wildman–Crippen MR) is 87.9 cm³/mol. The van der Waals surface area contributed by atoms with Gasteiger partial charge in [-0.3, -0.25) is 0 Å². The highest BCUT2D eigenvalue weighted by atomic mass is 79.9. The fourth-order valence-electron chi connectivity index (χ4n) is 2.64. The van der Waals surface area contributed by atoms with E-state index in [9.17, 15) is 4.39 Å². The second-order valence-corrected chi connectivity index (χ2v) is 5.98. The van der Waals surface area contributed by atoms with Gasteiger partial charge in [0, 0.05) is 22.8 Å². The van der Waals surface area contributed by atoms with Crippen LogP contribution >= 0.6 is 15.9 Å². The van der Waals surface area contributed by atoms with Crippen LogP contribution in [0.3, 0.4) is 0 Å². The zero-order valence-corrected chi connectivity index (χ0v) is 13.3. The number of nitrogens with zero attached hydrogens (tertiary/aromatic N) is 1. The Labute approximate surface area is 131 Å². The van der Waals surface area contributed by atoms with Gasteiger partial charge in [-0.1, -0.05) is 40.2 Å². The molecule has 3 aromatic rings. The van der Waals surface area contributed by atoms with Gasteiger partial charge in [0.15, 0.2) is 0 Å². The average molecular weight is 347 g/mol. The largest absolute Gasteiger partial charge is 0.343 e. The van der Waals surface area contributed by atoms with E-state index in [2.05, 4.69) is 50.1 Å². The first-order valence-electron chi connectivity index (χ1n) is 6.84. The number of hydrogen-bond donors (Lipinski definition) is 1. The van der Waals surface area contributed by atoms with Crippen LogP contribution in [0, 0.1) is 5.82 Å². The molecule has 1 aromatic heterocycles. The number of halogens is 2. The standard InChI is InChI=1S/C17H16BrFN2/c1-20-10-13-4-2-3-12-7-8-21(17(12)13)11-14-5-6-15(18)9-16(14)19/h2-9,20H,10-11H2,1H3. The molecule has 0 spiro atoms. The summed E-state index contributed by atoms with van der Waals surface area (Å²) in [6, 6.07) is 13.5. The highest BCUT2D eigenvalue weighted by Crippen LogP contribution is 2.23. The molecule has 0 radical (unpaired) electrons. The summed E-state index contributed by atoms with van der Waals surface area (Å²) in [4.78, 5) is 0. The molecule has 0 fully saturated rings. The Morgan fingerprint density at radius 1 is 1.14 bits per heavy atom. The zero-order valence-electron chi connectivity index (χ0n) is 11.7. The monoisotopic (exact) mass is 346 g/mol. The van der Waals surface area contributed by atoms with Crippen LogP contribution < -0.4 is 5.32 Å². The lowest BCUT2D eigenvalue weighted by molar-refractivity contribution is 0.601. The summed E-state index contributed by atoms with van der Waals surface area (Å²) in [5.41, 5.74) is 3.07. The van der Waals surface area contributed by atoms with Gasteiger partial charge in [0.25, 0.3) is 0 Å². The summed E-state index contributed by atoms with van der Waals surface area (Å²) in [6.45, 7) is 1.33. The quantitative estimate of drug-likeness (QED) is 0.744. The van der Waals surface area contributed by atoms with E-state index < -0.39 is 0 Å². The van der Waals surface area contributed by atoms with Crippen molar-refractivity contribution in [3.05, 3.63) is 70.1 Å². The maximum Gasteiger partial charge on any atom is 0.129 e. The van der Waals surface area contributed by atoms with Crippen molar-refractivity contribution >= 4 is 26.8 Å². The van der Waals surface area contributed by atoms with Crippen molar-refractivity contribution < 1.29 is 4.39 Å². The molecule has 0 aliphatic heterocycles. The molecule has 0 amide bonds. The van der Waals surface area contributed by atoms with Gasteiger partial charge in [0.05, 0.1) is 12.1 Å². The molecule has 3 rings (SSSR count). The predicted octanol–water partition coefficient (Wildman–Crippen LogP) is 4.31. The number of fused-ring (bicyclic) bond motifs is 1. The Balaban J connectivity index is 2.04. The minimum absolute atomic E-state index is 0.183. The van der Waals surface area contributed by atoms with Crippen LogP contribution in [0.25, 0.3) is 10.9 Å². The van der Waals surface area contributed by atoms with Gasteiger partial charge in [-0.05, 0) is 36.2 Å². The summed E-state index contributed by atoms with van der Waals surface area (Å²) >= 11 is 3.29. The summed E-state index contributed by atoms with van der Waals surface area (Å²) in [7, 11) is 1.93. The van der Waals surface area contributed by atoms with Gasteiger partial charge in [-0.25, -0.2) is 4.39 Å². The maximum absolute atomic E-state index is 14.0. The fourth-order valence-corrected chi connectivity index (χ4v) is 2.97. The molecule has 1 N–H and O–H groups in total. The molecule has 0 saturated carbocycles. The summed E-state index contributed by atoms with van der Waals surface area (Å²) in [6.07, 6.45) is 2.02. The van der Waals surface area contributed by atoms with E-state index in [4.69, 9.17) is 0 Å². The number of para-hydroxylation sites is 1. The molecular weight excluding hydrogens is 331 g/mol. The van der Waals surface area contributed by atoms with Crippen LogP contribution in [0.1, 0.15) is 11.1 Å². The SMILES string of the molecule is CNCc1cccc2ccn(Cc3ccc(Br)cc3F)c12. The molecule has 108 valence electrons. The van der Waals surface area contributed by atoms with E-state index in [0.717, 1.165) is 16.5 Å². The van der Waals surface area contributed by atoms with Crippen molar-refractivity contribution in [1.29, 1.82) is 0 Å². The number of rotatable bonds is 4. The van der Waals surface area contributed by atoms with E-state index in [1.165, 1.54) is 17.0 Å². The third-order valence-corrected chi connectivity index (χ3v) is 4.09. The van der Waals surface area contributed by atoms with Gasteiger partial charge in [0.1, 0.15) is 5.82 Å². The Kier molecular flexibility index (Phi) is 4.08. The Morgan fingerprint density at radius 3 is 2.76 bits per heavy atom. The molecular formula is C17H16BrFN2. The second-order valence-electron chi connectivity index (χ2n) is 5.06. The van der Waals surface area contributed by atoms with Crippen molar-refractivity contribution in [3.8, 4) is 0 Å². The summed E-state index contributed by atoms with van der Waals surface area (Å²) in [5.74, 6) is -0.183. The third-order valence-electron chi connectivity index (χ3n) is 3.60. The number of nitrogens with one attached hydrogen (secondary N) is 1. The Hall–Kier alpha value is -1.65. The van der Waals surface area contributed by atoms with E-state index in [1.54, 1.807) is 0 Å². The molecule has 0 aliphatic carbocycles. The van der Waals surface area contributed by atoms with E-state index in [-0.39, 0.29) is 5.82 Å². The molecule has 0 unspecified atom stereocenters. The van der Waals surface area contributed by atoms with Crippen molar-refractivity contribution in [3.63, 3.8) is 0 Å². The maximum atomic E-state index is 14.0. The smallest absolute Gasteiger partial charge is 0.129 e. The minimum Gasteiger partial charge on any atom is -0.343 e. The Morgan fingerprint density at radius 2 is 2.00 bits per heavy atom. The topological polar surface area (TPSA) is 17.0 Å². The average Bonchev–Trinajstić information content (AvgIpc) is 2.87.